The summed E-state index contributed by atoms with van der Waals surface area (Å²) in [4.78, 5) is 23.5. The number of nitrogens with two attached hydrogens (primary N) is 1. The number of amides is 1. The fraction of sp³-hybridized carbons (Fsp3) is 0.467. The van der Waals surface area contributed by atoms with Crippen LogP contribution in [0, 0.1) is 12.3 Å². The van der Waals surface area contributed by atoms with Gasteiger partial charge >= 0.3 is 5.97 Å². The van der Waals surface area contributed by atoms with Gasteiger partial charge in [-0.25, -0.2) is 0 Å². The molecule has 0 heterocycles. The van der Waals surface area contributed by atoms with Crippen LogP contribution in [0.5, 0.6) is 0 Å². The summed E-state index contributed by atoms with van der Waals surface area (Å²) in [5.74, 6) is -1.17. The summed E-state index contributed by atoms with van der Waals surface area (Å²) in [5.41, 5.74) is 6.59. The molecule has 0 aliphatic rings. The first-order chi connectivity index (χ1) is 9.38. The van der Waals surface area contributed by atoms with Gasteiger partial charge < -0.3 is 16.2 Å². The van der Waals surface area contributed by atoms with Crippen LogP contribution in [0.4, 0.5) is 5.69 Å². The van der Waals surface area contributed by atoms with E-state index in [2.05, 4.69) is 5.32 Å². The lowest BCUT2D eigenvalue weighted by Crippen LogP contribution is -2.42. The van der Waals surface area contributed by atoms with Crippen molar-refractivity contribution in [1.82, 2.24) is 5.32 Å². The van der Waals surface area contributed by atoms with Crippen molar-refractivity contribution < 1.29 is 14.7 Å². The first kappa shape index (κ1) is 16.0. The Hall–Kier alpha value is -2.04. The number of rotatable bonds is 6. The number of carboxylic acid groups (broad SMARTS) is 1. The van der Waals surface area contributed by atoms with Crippen molar-refractivity contribution >= 4 is 17.6 Å². The molecule has 110 valence electrons. The number of hydrogen-bond donors (Lipinski definition) is 3. The molecule has 4 N–H and O–H groups in total. The van der Waals surface area contributed by atoms with Crippen LogP contribution >= 0.6 is 0 Å². The molecule has 1 rings (SSSR count). The highest BCUT2D eigenvalue weighted by Gasteiger charge is 2.35. The van der Waals surface area contributed by atoms with E-state index in [1.807, 2.05) is 13.8 Å². The van der Waals surface area contributed by atoms with E-state index in [0.29, 0.717) is 29.7 Å². The fourth-order valence-electron chi connectivity index (χ4n) is 2.12. The molecule has 0 atom stereocenters. The van der Waals surface area contributed by atoms with Crippen molar-refractivity contribution in [2.75, 3.05) is 12.3 Å². The third-order valence-electron chi connectivity index (χ3n) is 4.01. The molecule has 1 amide bonds. The molecule has 0 bridgehead atoms. The minimum absolute atomic E-state index is 0.113. The second kappa shape index (κ2) is 6.41. The van der Waals surface area contributed by atoms with Gasteiger partial charge in [-0.2, -0.15) is 0 Å². The summed E-state index contributed by atoms with van der Waals surface area (Å²) in [6.07, 6.45) is 0.935. The summed E-state index contributed by atoms with van der Waals surface area (Å²) in [6.45, 7) is 5.52. The Kier molecular flexibility index (Phi) is 5.13. The number of benzene rings is 1. The molecule has 0 saturated heterocycles. The van der Waals surface area contributed by atoms with Crippen LogP contribution in [-0.2, 0) is 4.79 Å². The normalized spacial score (nSPS) is 11.2. The minimum atomic E-state index is -0.913. The molecular formula is C15H22N2O3. The average molecular weight is 278 g/mol. The maximum absolute atomic E-state index is 12.2. The highest BCUT2D eigenvalue weighted by molar-refractivity contribution is 5.97. The Labute approximate surface area is 119 Å². The second-order valence-electron chi connectivity index (χ2n) is 5.00. The van der Waals surface area contributed by atoms with E-state index < -0.39 is 11.4 Å². The third-order valence-corrected chi connectivity index (χ3v) is 4.01. The number of nitrogen functional groups attached to an aromatic ring is 1. The Morgan fingerprint density at radius 1 is 1.30 bits per heavy atom. The maximum atomic E-state index is 12.2. The summed E-state index contributed by atoms with van der Waals surface area (Å²) in [6, 6.07) is 5.12. The number of hydrogen-bond acceptors (Lipinski definition) is 3. The summed E-state index contributed by atoms with van der Waals surface area (Å²) >= 11 is 0. The van der Waals surface area contributed by atoms with Gasteiger partial charge in [0.25, 0.3) is 5.91 Å². The van der Waals surface area contributed by atoms with Crippen molar-refractivity contribution in [3.05, 3.63) is 29.3 Å². The van der Waals surface area contributed by atoms with Gasteiger partial charge in [-0.05, 0) is 37.5 Å². The fourth-order valence-corrected chi connectivity index (χ4v) is 2.12. The minimum Gasteiger partial charge on any atom is -0.481 e. The molecule has 0 fully saturated rings. The first-order valence-corrected chi connectivity index (χ1v) is 6.74. The molecule has 0 aliphatic carbocycles. The van der Waals surface area contributed by atoms with E-state index in [1.165, 1.54) is 0 Å². The van der Waals surface area contributed by atoms with E-state index >= 15 is 0 Å². The number of anilines is 1. The van der Waals surface area contributed by atoms with Crippen molar-refractivity contribution in [3.8, 4) is 0 Å². The Bertz CT molecular complexity index is 508. The largest absolute Gasteiger partial charge is 0.481 e. The lowest BCUT2D eigenvalue weighted by atomic mass is 9.82. The van der Waals surface area contributed by atoms with Crippen LogP contribution in [0.2, 0.25) is 0 Å². The zero-order chi connectivity index (χ0) is 15.3. The Balaban J connectivity index is 2.86. The molecule has 0 radical (unpaired) electrons. The molecular weight excluding hydrogens is 256 g/mol. The van der Waals surface area contributed by atoms with Crippen LogP contribution in [0.1, 0.15) is 42.6 Å². The highest BCUT2D eigenvalue weighted by atomic mass is 16.4. The predicted octanol–water partition coefficient (Wildman–Crippen LogP) is 2.20. The van der Waals surface area contributed by atoms with Gasteiger partial charge in [0.05, 0.1) is 5.41 Å². The van der Waals surface area contributed by atoms with Crippen molar-refractivity contribution in [2.24, 2.45) is 5.41 Å². The molecule has 20 heavy (non-hydrogen) atoms. The quantitative estimate of drug-likeness (QED) is 0.695. The van der Waals surface area contributed by atoms with E-state index in [9.17, 15) is 14.7 Å². The maximum Gasteiger partial charge on any atom is 0.311 e. The van der Waals surface area contributed by atoms with Gasteiger partial charge in [0, 0.05) is 17.8 Å². The topological polar surface area (TPSA) is 92.4 Å². The van der Waals surface area contributed by atoms with Gasteiger partial charge in [0.2, 0.25) is 0 Å². The Morgan fingerprint density at radius 3 is 2.40 bits per heavy atom. The molecule has 0 aliphatic heterocycles. The standard InChI is InChI=1S/C15H22N2O3/c1-4-15(5-2,14(19)20)9-17-13(18)11-7-6-8-12(16)10(11)3/h6-8H,4-5,9,16H2,1-3H3,(H,17,18)(H,19,20). The zero-order valence-electron chi connectivity index (χ0n) is 12.2. The number of aliphatic carboxylic acids is 1. The highest BCUT2D eigenvalue weighted by Crippen LogP contribution is 2.26. The lowest BCUT2D eigenvalue weighted by molar-refractivity contribution is -0.149. The molecule has 1 aromatic rings. The van der Waals surface area contributed by atoms with Crippen molar-refractivity contribution in [3.63, 3.8) is 0 Å². The first-order valence-electron chi connectivity index (χ1n) is 6.74. The molecule has 5 nitrogen and oxygen atoms in total. The smallest absolute Gasteiger partial charge is 0.311 e. The summed E-state index contributed by atoms with van der Waals surface area (Å²) in [7, 11) is 0. The van der Waals surface area contributed by atoms with Crippen LogP contribution in [0.15, 0.2) is 18.2 Å². The van der Waals surface area contributed by atoms with Crippen LogP contribution in [0.25, 0.3) is 0 Å². The Morgan fingerprint density at radius 2 is 1.90 bits per heavy atom. The number of nitrogens with one attached hydrogen (secondary N) is 1. The molecule has 0 unspecified atom stereocenters. The van der Waals surface area contributed by atoms with Crippen molar-refractivity contribution in [1.29, 1.82) is 0 Å². The molecule has 0 aromatic heterocycles. The van der Waals surface area contributed by atoms with Gasteiger partial charge in [-0.3, -0.25) is 9.59 Å². The predicted molar refractivity (Wildman–Crippen MR) is 78.6 cm³/mol. The SMILES string of the molecule is CCC(CC)(CNC(=O)c1cccc(N)c1C)C(=O)O. The van der Waals surface area contributed by atoms with Crippen LogP contribution in [0.3, 0.4) is 0 Å². The number of carbonyl (C=O) groups excluding carboxylic acids is 1. The summed E-state index contributed by atoms with van der Waals surface area (Å²) in [5, 5.41) is 12.1. The zero-order valence-corrected chi connectivity index (χ0v) is 12.2. The number of carboxylic acids is 1. The molecule has 0 saturated carbocycles. The van der Waals surface area contributed by atoms with E-state index in [4.69, 9.17) is 5.73 Å². The molecule has 0 spiro atoms. The van der Waals surface area contributed by atoms with Gasteiger partial charge in [0.1, 0.15) is 0 Å². The van der Waals surface area contributed by atoms with Gasteiger partial charge in [0.15, 0.2) is 0 Å². The van der Waals surface area contributed by atoms with Crippen molar-refractivity contribution in [2.45, 2.75) is 33.6 Å². The lowest BCUT2D eigenvalue weighted by Gasteiger charge is -2.27. The third kappa shape index (κ3) is 3.10. The average Bonchev–Trinajstić information content (AvgIpc) is 2.43. The second-order valence-corrected chi connectivity index (χ2v) is 5.00. The van der Waals surface area contributed by atoms with E-state index in [0.717, 1.165) is 0 Å². The number of carbonyl (C=O) groups is 2. The molecule has 5 heteroatoms. The monoisotopic (exact) mass is 278 g/mol. The van der Waals surface area contributed by atoms with E-state index in [1.54, 1.807) is 25.1 Å². The van der Waals surface area contributed by atoms with Crippen LogP contribution < -0.4 is 11.1 Å². The van der Waals surface area contributed by atoms with Crippen LogP contribution in [-0.4, -0.2) is 23.5 Å². The summed E-state index contributed by atoms with van der Waals surface area (Å²) < 4.78 is 0. The van der Waals surface area contributed by atoms with E-state index in [-0.39, 0.29) is 12.5 Å². The van der Waals surface area contributed by atoms with Gasteiger partial charge in [-0.15, -0.1) is 0 Å². The van der Waals surface area contributed by atoms with Gasteiger partial charge in [-0.1, -0.05) is 19.9 Å². The molecule has 1 aromatic carbocycles.